The Kier molecular flexibility index (Phi) is 4.63. The minimum Gasteiger partial charge on any atom is -0.304 e. The molecule has 0 saturated carbocycles. The molecule has 2 aromatic rings. The average Bonchev–Trinajstić information content (AvgIpc) is 2.89. The quantitative estimate of drug-likeness (QED) is 0.870. The van der Waals surface area contributed by atoms with E-state index in [0.29, 0.717) is 5.69 Å². The lowest BCUT2D eigenvalue weighted by molar-refractivity contribution is 0.494. The van der Waals surface area contributed by atoms with Gasteiger partial charge in [-0.3, -0.25) is 9.67 Å². The second kappa shape index (κ2) is 6.43. The highest BCUT2D eigenvalue weighted by Crippen LogP contribution is 2.22. The van der Waals surface area contributed by atoms with Gasteiger partial charge in [-0.25, -0.2) is 4.39 Å². The Bertz CT molecular complexity index is 524. The molecule has 0 aliphatic heterocycles. The van der Waals surface area contributed by atoms with Crippen molar-refractivity contribution in [3.63, 3.8) is 0 Å². The highest BCUT2D eigenvalue weighted by atomic mass is 19.1. The molecule has 0 radical (unpaired) electrons. The molecule has 0 aliphatic carbocycles. The molecule has 0 bridgehead atoms. The Morgan fingerprint density at radius 1 is 1.32 bits per heavy atom. The van der Waals surface area contributed by atoms with Gasteiger partial charge in [0.05, 0.1) is 17.4 Å². The molecular formula is C14H19FN4. The number of hydrogen-bond donors (Lipinski definition) is 1. The van der Waals surface area contributed by atoms with Gasteiger partial charge in [-0.1, -0.05) is 6.92 Å². The molecule has 19 heavy (non-hydrogen) atoms. The molecule has 2 heterocycles. The minimum atomic E-state index is -0.292. The molecular weight excluding hydrogens is 243 g/mol. The van der Waals surface area contributed by atoms with Crippen LogP contribution in [0.4, 0.5) is 4.39 Å². The summed E-state index contributed by atoms with van der Waals surface area (Å²) >= 11 is 0. The van der Waals surface area contributed by atoms with Gasteiger partial charge in [-0.2, -0.15) is 5.10 Å². The topological polar surface area (TPSA) is 42.7 Å². The zero-order chi connectivity index (χ0) is 13.7. The van der Waals surface area contributed by atoms with Crippen LogP contribution >= 0.6 is 0 Å². The van der Waals surface area contributed by atoms with E-state index in [1.165, 1.54) is 6.07 Å². The minimum absolute atomic E-state index is 0.261. The molecule has 0 fully saturated rings. The molecule has 1 unspecified atom stereocenters. The van der Waals surface area contributed by atoms with Gasteiger partial charge in [-0.05, 0) is 38.1 Å². The molecule has 1 atom stereocenters. The van der Waals surface area contributed by atoms with Crippen molar-refractivity contribution in [3.8, 4) is 0 Å². The van der Waals surface area contributed by atoms with Crippen LogP contribution in [-0.4, -0.2) is 21.3 Å². The Hall–Kier alpha value is -1.75. The summed E-state index contributed by atoms with van der Waals surface area (Å²) in [6, 6.07) is 4.69. The first-order chi connectivity index (χ1) is 9.27. The third-order valence-corrected chi connectivity index (χ3v) is 3.00. The number of nitrogens with one attached hydrogen (secondary N) is 1. The van der Waals surface area contributed by atoms with E-state index in [1.807, 2.05) is 17.7 Å². The van der Waals surface area contributed by atoms with E-state index in [9.17, 15) is 4.39 Å². The van der Waals surface area contributed by atoms with Crippen molar-refractivity contribution in [2.24, 2.45) is 0 Å². The van der Waals surface area contributed by atoms with Crippen molar-refractivity contribution in [1.82, 2.24) is 20.1 Å². The summed E-state index contributed by atoms with van der Waals surface area (Å²) in [6.45, 7) is 5.65. The number of nitrogens with zero attached hydrogens (tertiary/aromatic N) is 3. The number of aryl methyl sites for hydroxylation is 1. The van der Waals surface area contributed by atoms with E-state index >= 15 is 0 Å². The third-order valence-electron chi connectivity index (χ3n) is 3.00. The number of hydrogen-bond acceptors (Lipinski definition) is 3. The van der Waals surface area contributed by atoms with Crippen LogP contribution in [0.3, 0.4) is 0 Å². The zero-order valence-electron chi connectivity index (χ0n) is 11.3. The Morgan fingerprint density at radius 3 is 2.84 bits per heavy atom. The summed E-state index contributed by atoms with van der Waals surface area (Å²) in [6.07, 6.45) is 4.33. The van der Waals surface area contributed by atoms with Crippen LogP contribution in [0.5, 0.6) is 0 Å². The summed E-state index contributed by atoms with van der Waals surface area (Å²) < 4.78 is 15.8. The first-order valence-corrected chi connectivity index (χ1v) is 6.63. The smallest absolute Gasteiger partial charge is 0.146 e. The highest BCUT2D eigenvalue weighted by molar-refractivity contribution is 5.23. The van der Waals surface area contributed by atoms with Gasteiger partial charge in [0.15, 0.2) is 0 Å². The normalized spacial score (nSPS) is 12.6. The van der Waals surface area contributed by atoms with Crippen LogP contribution in [0.2, 0.25) is 0 Å². The summed E-state index contributed by atoms with van der Waals surface area (Å²) in [5.41, 5.74) is 1.36. The van der Waals surface area contributed by atoms with Crippen molar-refractivity contribution in [2.75, 3.05) is 6.54 Å². The average molecular weight is 262 g/mol. The lowest BCUT2D eigenvalue weighted by Gasteiger charge is -2.19. The molecule has 0 spiro atoms. The Morgan fingerprint density at radius 2 is 2.16 bits per heavy atom. The van der Waals surface area contributed by atoms with E-state index in [2.05, 4.69) is 22.3 Å². The fourth-order valence-electron chi connectivity index (χ4n) is 2.09. The van der Waals surface area contributed by atoms with Gasteiger partial charge in [0, 0.05) is 18.9 Å². The fourth-order valence-corrected chi connectivity index (χ4v) is 2.09. The third kappa shape index (κ3) is 2.98. The lowest BCUT2D eigenvalue weighted by atomic mass is 10.1. The van der Waals surface area contributed by atoms with Gasteiger partial charge in [0.25, 0.3) is 0 Å². The molecule has 2 rings (SSSR count). The van der Waals surface area contributed by atoms with Crippen LogP contribution in [0, 0.1) is 5.82 Å². The maximum absolute atomic E-state index is 14.0. The van der Waals surface area contributed by atoms with Crippen LogP contribution in [0.1, 0.15) is 37.7 Å². The van der Waals surface area contributed by atoms with Crippen molar-refractivity contribution in [3.05, 3.63) is 47.8 Å². The van der Waals surface area contributed by atoms with Crippen molar-refractivity contribution < 1.29 is 4.39 Å². The van der Waals surface area contributed by atoms with Gasteiger partial charge in [-0.15, -0.1) is 0 Å². The van der Waals surface area contributed by atoms with Crippen LogP contribution < -0.4 is 5.32 Å². The van der Waals surface area contributed by atoms with Crippen LogP contribution in [0.25, 0.3) is 0 Å². The standard InChI is InChI=1S/C14H19FN4/c1-3-8-16-14(12-7-10-18-19(12)4-2)13-11(15)6-5-9-17-13/h5-7,9-10,14,16H,3-4,8H2,1-2H3. The molecule has 1 N–H and O–H groups in total. The van der Waals surface area contributed by atoms with Crippen LogP contribution in [-0.2, 0) is 6.54 Å². The predicted molar refractivity (Wildman–Crippen MR) is 72.2 cm³/mol. The van der Waals surface area contributed by atoms with Crippen LogP contribution in [0.15, 0.2) is 30.6 Å². The summed E-state index contributed by atoms with van der Waals surface area (Å²) in [4.78, 5) is 4.18. The fraction of sp³-hybridized carbons (Fsp3) is 0.429. The van der Waals surface area contributed by atoms with E-state index < -0.39 is 0 Å². The van der Waals surface area contributed by atoms with Crippen molar-refractivity contribution in [1.29, 1.82) is 0 Å². The van der Waals surface area contributed by atoms with Gasteiger partial charge in [0.2, 0.25) is 0 Å². The zero-order valence-corrected chi connectivity index (χ0v) is 11.3. The van der Waals surface area contributed by atoms with E-state index in [-0.39, 0.29) is 11.9 Å². The highest BCUT2D eigenvalue weighted by Gasteiger charge is 2.21. The molecule has 102 valence electrons. The largest absolute Gasteiger partial charge is 0.304 e. The van der Waals surface area contributed by atoms with Gasteiger partial charge < -0.3 is 5.32 Å². The summed E-state index contributed by atoms with van der Waals surface area (Å²) in [7, 11) is 0. The molecule has 0 amide bonds. The maximum atomic E-state index is 14.0. The summed E-state index contributed by atoms with van der Waals surface area (Å²) in [5.74, 6) is -0.292. The second-order valence-corrected chi connectivity index (χ2v) is 4.33. The molecule has 5 heteroatoms. The second-order valence-electron chi connectivity index (χ2n) is 4.33. The summed E-state index contributed by atoms with van der Waals surface area (Å²) in [5, 5.41) is 7.59. The number of aromatic nitrogens is 3. The number of halogens is 1. The molecule has 0 aromatic carbocycles. The van der Waals surface area contributed by atoms with E-state index in [4.69, 9.17) is 0 Å². The number of rotatable bonds is 6. The van der Waals surface area contributed by atoms with Crippen molar-refractivity contribution >= 4 is 0 Å². The van der Waals surface area contributed by atoms with Crippen molar-refractivity contribution in [2.45, 2.75) is 32.9 Å². The lowest BCUT2D eigenvalue weighted by Crippen LogP contribution is -2.27. The molecule has 0 saturated heterocycles. The molecule has 4 nitrogen and oxygen atoms in total. The predicted octanol–water partition coefficient (Wildman–Crippen LogP) is 2.53. The maximum Gasteiger partial charge on any atom is 0.146 e. The van der Waals surface area contributed by atoms with Gasteiger partial charge >= 0.3 is 0 Å². The first kappa shape index (κ1) is 13.7. The Labute approximate surface area is 112 Å². The first-order valence-electron chi connectivity index (χ1n) is 6.63. The SMILES string of the molecule is CCCNC(c1ncccc1F)c1ccnn1CC. The van der Waals surface area contributed by atoms with E-state index in [0.717, 1.165) is 25.2 Å². The molecule has 0 aliphatic rings. The Balaban J connectivity index is 2.39. The number of pyridine rings is 1. The van der Waals surface area contributed by atoms with E-state index in [1.54, 1.807) is 18.5 Å². The van der Waals surface area contributed by atoms with Gasteiger partial charge in [0.1, 0.15) is 5.82 Å². The molecule has 2 aromatic heterocycles. The monoisotopic (exact) mass is 262 g/mol.